The van der Waals surface area contributed by atoms with Crippen molar-refractivity contribution in [2.75, 3.05) is 6.61 Å². The molecule has 0 bridgehead atoms. The topological polar surface area (TPSA) is 144 Å². The lowest BCUT2D eigenvalue weighted by Crippen LogP contribution is -2.57. The van der Waals surface area contributed by atoms with Gasteiger partial charge in [0.15, 0.2) is 11.9 Å². The number of aliphatic carboxylic acids is 1. The average Bonchev–Trinajstić information content (AvgIpc) is 2.79. The van der Waals surface area contributed by atoms with Crippen LogP contribution in [0.15, 0.2) is 29.2 Å². The summed E-state index contributed by atoms with van der Waals surface area (Å²) in [6, 6.07) is 2.51. The van der Waals surface area contributed by atoms with Gasteiger partial charge in [-0.2, -0.15) is 0 Å². The molecule has 0 spiro atoms. The number of hydrogen-bond donors (Lipinski definition) is 2. The van der Waals surface area contributed by atoms with E-state index < -0.39 is 71.3 Å². The Hall–Kier alpha value is -4.13. The van der Waals surface area contributed by atoms with Crippen molar-refractivity contribution in [2.45, 2.75) is 45.1 Å². The molecule has 0 saturated carbocycles. The lowest BCUT2D eigenvalue weighted by atomic mass is 10.1. The Morgan fingerprint density at radius 2 is 2.00 bits per heavy atom. The van der Waals surface area contributed by atoms with Crippen molar-refractivity contribution in [3.8, 4) is 5.75 Å². The minimum Gasteiger partial charge on any atom is -0.481 e. The SMILES string of the molecule is C[C@@H]1CCO[C@H]2Cn3cc(C(=O)NCc4ccc(F)cc4F)c(=O)c(OC(=O)CC(=O)O)c3C(=O)N12. The van der Waals surface area contributed by atoms with Crippen LogP contribution in [0, 0.1) is 11.6 Å². The van der Waals surface area contributed by atoms with Gasteiger partial charge in [0.1, 0.15) is 23.6 Å². The highest BCUT2D eigenvalue weighted by atomic mass is 19.1. The van der Waals surface area contributed by atoms with Crippen LogP contribution >= 0.6 is 0 Å². The van der Waals surface area contributed by atoms with Crippen LogP contribution in [0.5, 0.6) is 5.75 Å². The second kappa shape index (κ2) is 9.85. The zero-order valence-electron chi connectivity index (χ0n) is 19.0. The van der Waals surface area contributed by atoms with Crippen LogP contribution in [0.25, 0.3) is 0 Å². The quantitative estimate of drug-likeness (QED) is 0.438. The van der Waals surface area contributed by atoms with E-state index in [9.17, 15) is 32.8 Å². The highest BCUT2D eigenvalue weighted by molar-refractivity contribution is 6.00. The van der Waals surface area contributed by atoms with E-state index in [1.165, 1.54) is 9.47 Å². The number of nitrogens with zero attached hydrogens (tertiary/aromatic N) is 2. The van der Waals surface area contributed by atoms with E-state index in [4.69, 9.17) is 14.6 Å². The number of ether oxygens (including phenoxy) is 2. The predicted octanol–water partition coefficient (Wildman–Crippen LogP) is 1.03. The molecule has 1 aromatic carbocycles. The second-order valence-corrected chi connectivity index (χ2v) is 8.34. The highest BCUT2D eigenvalue weighted by Gasteiger charge is 2.42. The van der Waals surface area contributed by atoms with Gasteiger partial charge in [0.05, 0.1) is 13.2 Å². The van der Waals surface area contributed by atoms with Crippen molar-refractivity contribution in [2.24, 2.45) is 0 Å². The number of benzene rings is 1. The Bertz CT molecular complexity index is 1330. The summed E-state index contributed by atoms with van der Waals surface area (Å²) in [6.07, 6.45) is -0.163. The van der Waals surface area contributed by atoms with Crippen LogP contribution in [0.3, 0.4) is 0 Å². The van der Waals surface area contributed by atoms with Crippen LogP contribution in [-0.4, -0.2) is 57.2 Å². The first kappa shape index (κ1) is 25.0. The molecule has 11 nitrogen and oxygen atoms in total. The normalized spacial score (nSPS) is 18.8. The molecular formula is C23H21F2N3O8. The zero-order chi connectivity index (χ0) is 26.1. The number of carboxylic acid groups (broad SMARTS) is 1. The summed E-state index contributed by atoms with van der Waals surface area (Å²) in [6.45, 7) is 1.77. The first-order valence-corrected chi connectivity index (χ1v) is 10.9. The maximum absolute atomic E-state index is 13.9. The van der Waals surface area contributed by atoms with Crippen LogP contribution in [0.4, 0.5) is 8.78 Å². The van der Waals surface area contributed by atoms with Gasteiger partial charge in [-0.1, -0.05) is 6.07 Å². The third kappa shape index (κ3) is 4.82. The Morgan fingerprint density at radius 3 is 2.69 bits per heavy atom. The summed E-state index contributed by atoms with van der Waals surface area (Å²) >= 11 is 0. The van der Waals surface area contributed by atoms with Gasteiger partial charge in [-0.15, -0.1) is 0 Å². The molecule has 1 fully saturated rings. The monoisotopic (exact) mass is 505 g/mol. The van der Waals surface area contributed by atoms with Gasteiger partial charge in [-0.3, -0.25) is 24.0 Å². The summed E-state index contributed by atoms with van der Waals surface area (Å²) in [7, 11) is 0. The summed E-state index contributed by atoms with van der Waals surface area (Å²) in [5.74, 6) is -7.00. The minimum absolute atomic E-state index is 0.00203. The fourth-order valence-corrected chi connectivity index (χ4v) is 4.11. The Balaban J connectivity index is 1.72. The Labute approximate surface area is 202 Å². The molecule has 4 rings (SSSR count). The zero-order valence-corrected chi connectivity index (χ0v) is 19.0. The van der Waals surface area contributed by atoms with Gasteiger partial charge in [0.25, 0.3) is 11.8 Å². The number of esters is 1. The standard InChI is InChI=1S/C23H21F2N3O8/c1-11-4-5-35-16-10-27-9-14(22(33)26-8-12-2-3-13(24)6-15(12)25)20(32)21(19(27)23(34)28(11)16)36-18(31)7-17(29)30/h2-3,6,9,11,16H,4-5,7-8,10H2,1H3,(H,26,33)(H,29,30)/t11-,16+/m1/s1. The van der Waals surface area contributed by atoms with Gasteiger partial charge in [-0.05, 0) is 19.4 Å². The number of amides is 2. The molecule has 2 amide bonds. The average molecular weight is 505 g/mol. The molecule has 2 aromatic rings. The molecular weight excluding hydrogens is 484 g/mol. The summed E-state index contributed by atoms with van der Waals surface area (Å²) in [5, 5.41) is 11.2. The number of halogens is 2. The molecule has 2 atom stereocenters. The van der Waals surface area contributed by atoms with Gasteiger partial charge < -0.3 is 29.4 Å². The van der Waals surface area contributed by atoms with Crippen molar-refractivity contribution in [1.82, 2.24) is 14.8 Å². The molecule has 2 aliphatic heterocycles. The van der Waals surface area contributed by atoms with E-state index >= 15 is 0 Å². The van der Waals surface area contributed by atoms with Gasteiger partial charge in [0, 0.05) is 30.4 Å². The smallest absolute Gasteiger partial charge is 0.322 e. The van der Waals surface area contributed by atoms with E-state index in [0.717, 1.165) is 18.3 Å². The molecule has 0 radical (unpaired) electrons. The van der Waals surface area contributed by atoms with E-state index in [1.54, 1.807) is 6.92 Å². The first-order valence-electron chi connectivity index (χ1n) is 10.9. The number of carbonyl (C=O) groups is 4. The van der Waals surface area contributed by atoms with Crippen LogP contribution in [-0.2, 0) is 27.4 Å². The van der Waals surface area contributed by atoms with Crippen molar-refractivity contribution in [3.05, 3.63) is 63.1 Å². The van der Waals surface area contributed by atoms with Gasteiger partial charge in [0.2, 0.25) is 11.2 Å². The summed E-state index contributed by atoms with van der Waals surface area (Å²) in [5.41, 5.74) is -2.04. The van der Waals surface area contributed by atoms with Gasteiger partial charge >= 0.3 is 11.9 Å². The maximum Gasteiger partial charge on any atom is 0.322 e. The third-order valence-corrected chi connectivity index (χ3v) is 5.87. The predicted molar refractivity (Wildman–Crippen MR) is 116 cm³/mol. The molecule has 0 aliphatic carbocycles. The first-order chi connectivity index (χ1) is 17.1. The lowest BCUT2D eigenvalue weighted by Gasteiger charge is -2.44. The summed E-state index contributed by atoms with van der Waals surface area (Å²) in [4.78, 5) is 63.8. The Kier molecular flexibility index (Phi) is 6.84. The molecule has 13 heteroatoms. The fraction of sp³-hybridized carbons (Fsp3) is 0.348. The van der Waals surface area contributed by atoms with E-state index in [1.807, 2.05) is 0 Å². The van der Waals surface area contributed by atoms with Crippen LogP contribution in [0.1, 0.15) is 46.2 Å². The Morgan fingerprint density at radius 1 is 1.25 bits per heavy atom. The number of aromatic nitrogens is 1. The number of rotatable bonds is 6. The van der Waals surface area contributed by atoms with Crippen molar-refractivity contribution >= 4 is 23.8 Å². The number of nitrogens with one attached hydrogen (secondary N) is 1. The number of carboxylic acids is 1. The van der Waals surface area contributed by atoms with E-state index in [0.29, 0.717) is 19.1 Å². The highest BCUT2D eigenvalue weighted by Crippen LogP contribution is 2.30. The largest absolute Gasteiger partial charge is 0.481 e. The molecule has 1 aromatic heterocycles. The number of pyridine rings is 1. The van der Waals surface area contributed by atoms with Crippen molar-refractivity contribution in [1.29, 1.82) is 0 Å². The number of hydrogen-bond acceptors (Lipinski definition) is 7. The van der Waals surface area contributed by atoms with Crippen LogP contribution < -0.4 is 15.5 Å². The maximum atomic E-state index is 13.9. The molecule has 0 unspecified atom stereocenters. The molecule has 2 N–H and O–H groups in total. The summed E-state index contributed by atoms with van der Waals surface area (Å²) < 4.78 is 39.0. The molecule has 1 saturated heterocycles. The third-order valence-electron chi connectivity index (χ3n) is 5.87. The number of carbonyl (C=O) groups excluding carboxylic acids is 3. The molecule has 3 heterocycles. The van der Waals surface area contributed by atoms with Gasteiger partial charge in [-0.25, -0.2) is 8.78 Å². The van der Waals surface area contributed by atoms with Crippen molar-refractivity contribution in [3.63, 3.8) is 0 Å². The van der Waals surface area contributed by atoms with Crippen LogP contribution in [0.2, 0.25) is 0 Å². The fourth-order valence-electron chi connectivity index (χ4n) is 4.11. The molecule has 2 aliphatic rings. The van der Waals surface area contributed by atoms with E-state index in [2.05, 4.69) is 5.32 Å². The molecule has 36 heavy (non-hydrogen) atoms. The lowest BCUT2D eigenvalue weighted by molar-refractivity contribution is -0.145. The minimum atomic E-state index is -1.52. The number of fused-ring (bicyclic) bond motifs is 2. The van der Waals surface area contributed by atoms with E-state index in [-0.39, 0.29) is 23.8 Å². The van der Waals surface area contributed by atoms with Crippen molar-refractivity contribution < 1.29 is 42.5 Å². The molecule has 190 valence electrons. The second-order valence-electron chi connectivity index (χ2n) is 8.34.